The van der Waals surface area contributed by atoms with Crippen molar-refractivity contribution in [1.29, 1.82) is 0 Å². The van der Waals surface area contributed by atoms with Crippen LogP contribution in [-0.4, -0.2) is 49.5 Å². The largest absolute Gasteiger partial charge is 0.497 e. The van der Waals surface area contributed by atoms with Crippen molar-refractivity contribution in [1.82, 2.24) is 19.3 Å². The molecule has 5 rings (SSSR count). The zero-order valence-corrected chi connectivity index (χ0v) is 24.4. The maximum atomic E-state index is 13.7. The molecule has 2 atom stereocenters. The number of carbonyl (C=O) groups is 2. The van der Waals surface area contributed by atoms with Crippen molar-refractivity contribution >= 4 is 28.5 Å². The maximum Gasteiger partial charge on any atom is 0.320 e. The Labute approximate surface area is 252 Å². The van der Waals surface area contributed by atoms with Gasteiger partial charge >= 0.3 is 5.97 Å². The number of rotatable bonds is 11. The van der Waals surface area contributed by atoms with Gasteiger partial charge in [0.1, 0.15) is 23.1 Å². The summed E-state index contributed by atoms with van der Waals surface area (Å²) in [4.78, 5) is 47.1. The van der Waals surface area contributed by atoms with E-state index in [0.717, 1.165) is 5.39 Å². The normalized spacial score (nSPS) is 12.5. The zero-order chi connectivity index (χ0) is 31.4. The van der Waals surface area contributed by atoms with Gasteiger partial charge in [-0.05, 0) is 55.7 Å². The maximum absolute atomic E-state index is 13.7. The predicted molar refractivity (Wildman–Crippen MR) is 165 cm³/mol. The third kappa shape index (κ3) is 6.30. The lowest BCUT2D eigenvalue weighted by molar-refractivity contribution is -0.138. The summed E-state index contributed by atoms with van der Waals surface area (Å²) < 4.78 is 14.4. The Bertz CT molecular complexity index is 1870. The SMILES string of the molecule is COc1ccc2c(Oc3ccc(NC(=O)c4c(C)n(C[C@H](C)C[C@H](N)C(=O)O)n(-c5ccccc5)c4=O)cn3)ccnc2c1. The minimum atomic E-state index is -1.10. The first-order chi connectivity index (χ1) is 21.2. The van der Waals surface area contributed by atoms with Crippen molar-refractivity contribution in [2.45, 2.75) is 32.9 Å². The number of hydrogen-bond acceptors (Lipinski definition) is 8. The first kappa shape index (κ1) is 30.0. The van der Waals surface area contributed by atoms with E-state index in [9.17, 15) is 19.5 Å². The standard InChI is InChI=1S/C32H32N6O6/c1-19(15-25(33)32(41)42)18-37-20(2)29(31(40)38(37)22-7-5-4-6-8-22)30(39)36-21-9-12-28(35-17-21)44-27-13-14-34-26-16-23(43-3)10-11-24(26)27/h4-14,16-17,19,25H,15,18,33H2,1-3H3,(H,36,39)(H,41,42)/t19-,25+/m1/s1. The number of nitrogens with zero attached hydrogens (tertiary/aromatic N) is 4. The fraction of sp³-hybridized carbons (Fsp3) is 0.219. The molecule has 44 heavy (non-hydrogen) atoms. The summed E-state index contributed by atoms with van der Waals surface area (Å²) >= 11 is 0. The lowest BCUT2D eigenvalue weighted by atomic mass is 10.0. The van der Waals surface area contributed by atoms with Crippen LogP contribution in [0.1, 0.15) is 29.4 Å². The van der Waals surface area contributed by atoms with Crippen molar-refractivity contribution in [2.24, 2.45) is 11.7 Å². The molecule has 0 saturated carbocycles. The van der Waals surface area contributed by atoms with Gasteiger partial charge in [0.2, 0.25) is 5.88 Å². The third-order valence-corrected chi connectivity index (χ3v) is 7.20. The molecule has 12 heteroatoms. The van der Waals surface area contributed by atoms with Crippen molar-refractivity contribution in [3.8, 4) is 23.1 Å². The number of ether oxygens (including phenoxy) is 2. The van der Waals surface area contributed by atoms with E-state index in [4.69, 9.17) is 15.2 Å². The van der Waals surface area contributed by atoms with Gasteiger partial charge in [-0.1, -0.05) is 25.1 Å². The monoisotopic (exact) mass is 596 g/mol. The second kappa shape index (κ2) is 12.8. The van der Waals surface area contributed by atoms with E-state index in [2.05, 4.69) is 15.3 Å². The van der Waals surface area contributed by atoms with Gasteiger partial charge in [-0.3, -0.25) is 24.0 Å². The van der Waals surface area contributed by atoms with Gasteiger partial charge in [0, 0.05) is 30.3 Å². The van der Waals surface area contributed by atoms with E-state index in [-0.39, 0.29) is 24.4 Å². The van der Waals surface area contributed by atoms with E-state index in [1.54, 1.807) is 73.4 Å². The number of fused-ring (bicyclic) bond motifs is 1. The van der Waals surface area contributed by atoms with Crippen LogP contribution >= 0.6 is 0 Å². The van der Waals surface area contributed by atoms with E-state index >= 15 is 0 Å². The number of anilines is 1. The highest BCUT2D eigenvalue weighted by molar-refractivity contribution is 6.04. The minimum Gasteiger partial charge on any atom is -0.497 e. The topological polar surface area (TPSA) is 164 Å². The molecule has 0 radical (unpaired) electrons. The summed E-state index contributed by atoms with van der Waals surface area (Å²) in [5.74, 6) is -0.364. The number of carboxylic acids is 1. The van der Waals surface area contributed by atoms with Gasteiger partial charge in [-0.15, -0.1) is 0 Å². The number of carbonyl (C=O) groups excluding carboxylic acids is 1. The van der Waals surface area contributed by atoms with Crippen LogP contribution in [0, 0.1) is 12.8 Å². The number of nitrogens with one attached hydrogen (secondary N) is 1. The first-order valence-corrected chi connectivity index (χ1v) is 13.9. The van der Waals surface area contributed by atoms with Crippen molar-refractivity contribution < 1.29 is 24.2 Å². The minimum absolute atomic E-state index is 0.0393. The van der Waals surface area contributed by atoms with Crippen molar-refractivity contribution in [3.63, 3.8) is 0 Å². The van der Waals surface area contributed by atoms with E-state index < -0.39 is 23.5 Å². The molecule has 226 valence electrons. The number of methoxy groups -OCH3 is 1. The molecule has 0 aliphatic carbocycles. The van der Waals surface area contributed by atoms with Gasteiger partial charge < -0.3 is 25.6 Å². The number of nitrogens with two attached hydrogens (primary N) is 1. The Hall–Kier alpha value is -5.49. The highest BCUT2D eigenvalue weighted by Gasteiger charge is 2.26. The summed E-state index contributed by atoms with van der Waals surface area (Å²) in [5.41, 5.74) is 7.28. The van der Waals surface area contributed by atoms with Gasteiger partial charge in [0.25, 0.3) is 11.5 Å². The number of carboxylic acid groups (broad SMARTS) is 1. The summed E-state index contributed by atoms with van der Waals surface area (Å²) in [6.45, 7) is 3.81. The van der Waals surface area contributed by atoms with Gasteiger partial charge in [0.05, 0.1) is 35.9 Å². The molecule has 0 aliphatic rings. The molecule has 5 aromatic rings. The lowest BCUT2D eigenvalue weighted by Crippen LogP contribution is -2.33. The average molecular weight is 597 g/mol. The van der Waals surface area contributed by atoms with Crippen molar-refractivity contribution in [2.75, 3.05) is 12.4 Å². The van der Waals surface area contributed by atoms with Gasteiger partial charge in [0.15, 0.2) is 0 Å². The smallest absolute Gasteiger partial charge is 0.320 e. The van der Waals surface area contributed by atoms with E-state index in [1.807, 2.05) is 25.1 Å². The zero-order valence-electron chi connectivity index (χ0n) is 24.4. The summed E-state index contributed by atoms with van der Waals surface area (Å²) in [6, 6.07) is 18.3. The van der Waals surface area contributed by atoms with Crippen LogP contribution in [-0.2, 0) is 11.3 Å². The predicted octanol–water partition coefficient (Wildman–Crippen LogP) is 4.38. The highest BCUT2D eigenvalue weighted by Crippen LogP contribution is 2.30. The molecule has 0 aliphatic heterocycles. The number of aliphatic carboxylic acids is 1. The number of amides is 1. The number of aromatic nitrogens is 4. The van der Waals surface area contributed by atoms with Crippen LogP contribution in [0.25, 0.3) is 16.6 Å². The van der Waals surface area contributed by atoms with Crippen LogP contribution in [0.15, 0.2) is 83.9 Å². The van der Waals surface area contributed by atoms with Crippen LogP contribution in [0.4, 0.5) is 5.69 Å². The van der Waals surface area contributed by atoms with Crippen LogP contribution in [0.5, 0.6) is 17.4 Å². The number of hydrogen-bond donors (Lipinski definition) is 3. The Morgan fingerprint density at radius 2 is 1.84 bits per heavy atom. The van der Waals surface area contributed by atoms with Crippen LogP contribution in [0.3, 0.4) is 0 Å². The second-order valence-corrected chi connectivity index (χ2v) is 10.4. The summed E-state index contributed by atoms with van der Waals surface area (Å²) in [6.07, 6.45) is 3.27. The molecule has 0 unspecified atom stereocenters. The van der Waals surface area contributed by atoms with Crippen LogP contribution in [0.2, 0.25) is 0 Å². The number of pyridine rings is 2. The lowest BCUT2D eigenvalue weighted by Gasteiger charge is -2.19. The summed E-state index contributed by atoms with van der Waals surface area (Å²) in [5, 5.41) is 12.8. The molecule has 2 aromatic carbocycles. The van der Waals surface area contributed by atoms with Crippen LogP contribution < -0.4 is 26.1 Å². The molecule has 0 bridgehead atoms. The van der Waals surface area contributed by atoms with E-state index in [1.165, 1.54) is 10.9 Å². The summed E-state index contributed by atoms with van der Waals surface area (Å²) in [7, 11) is 1.59. The Morgan fingerprint density at radius 3 is 2.52 bits per heavy atom. The number of para-hydroxylation sites is 1. The fourth-order valence-corrected chi connectivity index (χ4v) is 5.00. The molecule has 1 amide bonds. The molecular weight excluding hydrogens is 564 g/mol. The van der Waals surface area contributed by atoms with Gasteiger partial charge in [-0.2, -0.15) is 0 Å². The Kier molecular flexibility index (Phi) is 8.72. The molecule has 12 nitrogen and oxygen atoms in total. The Balaban J connectivity index is 1.38. The molecule has 3 aromatic heterocycles. The second-order valence-electron chi connectivity index (χ2n) is 10.4. The molecule has 3 heterocycles. The molecule has 4 N–H and O–H groups in total. The quantitative estimate of drug-likeness (QED) is 0.201. The average Bonchev–Trinajstić information content (AvgIpc) is 3.26. The number of benzene rings is 2. The van der Waals surface area contributed by atoms with Gasteiger partial charge in [-0.25, -0.2) is 9.67 Å². The molecule has 0 fully saturated rings. The molecular formula is C32H32N6O6. The highest BCUT2D eigenvalue weighted by atomic mass is 16.5. The molecule has 0 saturated heterocycles. The molecule has 0 spiro atoms. The Morgan fingerprint density at radius 1 is 1.07 bits per heavy atom. The fourth-order valence-electron chi connectivity index (χ4n) is 5.00. The third-order valence-electron chi connectivity index (χ3n) is 7.20. The van der Waals surface area contributed by atoms with Crippen molar-refractivity contribution in [3.05, 3.63) is 101 Å². The van der Waals surface area contributed by atoms with E-state index in [0.29, 0.717) is 40.0 Å². The first-order valence-electron chi connectivity index (χ1n) is 13.9.